The molecule has 1 fully saturated rings. The zero-order valence-electron chi connectivity index (χ0n) is 16.0. The topological polar surface area (TPSA) is 57.5 Å². The SMILES string of the molecule is Cc1ccc(-n2nc(C[NH+]3CCOCC3)c(-c3ccccc3)c2N)c(C)c1. The van der Waals surface area contributed by atoms with Gasteiger partial charge in [-0.2, -0.15) is 5.10 Å². The van der Waals surface area contributed by atoms with Gasteiger partial charge in [0.1, 0.15) is 31.1 Å². The second-order valence-electron chi connectivity index (χ2n) is 7.31. The van der Waals surface area contributed by atoms with Crippen molar-refractivity contribution in [2.45, 2.75) is 20.4 Å². The summed E-state index contributed by atoms with van der Waals surface area (Å²) in [5.74, 6) is 0.704. The van der Waals surface area contributed by atoms with E-state index in [0.29, 0.717) is 5.82 Å². The average molecular weight is 363 g/mol. The first-order chi connectivity index (χ1) is 13.1. The molecule has 27 heavy (non-hydrogen) atoms. The Morgan fingerprint density at radius 3 is 2.52 bits per heavy atom. The van der Waals surface area contributed by atoms with Crippen molar-refractivity contribution >= 4 is 5.82 Å². The number of nitrogens with one attached hydrogen (secondary N) is 1. The van der Waals surface area contributed by atoms with E-state index in [1.807, 2.05) is 10.7 Å². The Morgan fingerprint density at radius 2 is 1.81 bits per heavy atom. The van der Waals surface area contributed by atoms with Gasteiger partial charge in [-0.05, 0) is 31.0 Å². The third-order valence-electron chi connectivity index (χ3n) is 5.25. The predicted octanol–water partition coefficient (Wildman–Crippen LogP) is 2.15. The Morgan fingerprint density at radius 1 is 1.07 bits per heavy atom. The van der Waals surface area contributed by atoms with Gasteiger partial charge in [-0.3, -0.25) is 0 Å². The molecule has 1 aromatic heterocycles. The van der Waals surface area contributed by atoms with E-state index in [-0.39, 0.29) is 0 Å². The van der Waals surface area contributed by atoms with Crippen molar-refractivity contribution in [3.8, 4) is 16.8 Å². The fraction of sp³-hybridized carbons (Fsp3) is 0.318. The van der Waals surface area contributed by atoms with Crippen molar-refractivity contribution in [3.63, 3.8) is 0 Å². The largest absolute Gasteiger partial charge is 0.383 e. The van der Waals surface area contributed by atoms with Crippen LogP contribution in [0.2, 0.25) is 0 Å². The molecule has 0 unspecified atom stereocenters. The number of ether oxygens (including phenoxy) is 1. The number of hydrogen-bond donors (Lipinski definition) is 2. The summed E-state index contributed by atoms with van der Waals surface area (Å²) in [7, 11) is 0. The smallest absolute Gasteiger partial charge is 0.135 e. The van der Waals surface area contributed by atoms with Crippen LogP contribution in [0.1, 0.15) is 16.8 Å². The van der Waals surface area contributed by atoms with Gasteiger partial charge in [-0.15, -0.1) is 0 Å². The minimum atomic E-state index is 0.704. The van der Waals surface area contributed by atoms with Crippen molar-refractivity contribution in [1.29, 1.82) is 0 Å². The molecule has 0 saturated carbocycles. The summed E-state index contributed by atoms with van der Waals surface area (Å²) in [5.41, 5.74) is 13.3. The van der Waals surface area contributed by atoms with Crippen molar-refractivity contribution in [2.75, 3.05) is 32.0 Å². The highest BCUT2D eigenvalue weighted by Crippen LogP contribution is 2.32. The van der Waals surface area contributed by atoms with E-state index < -0.39 is 0 Å². The fourth-order valence-corrected chi connectivity index (χ4v) is 3.82. The summed E-state index contributed by atoms with van der Waals surface area (Å²) in [4.78, 5) is 1.49. The van der Waals surface area contributed by atoms with E-state index in [1.165, 1.54) is 16.0 Å². The Bertz CT molecular complexity index is 927. The quantitative estimate of drug-likeness (QED) is 0.747. The van der Waals surface area contributed by atoms with Crippen LogP contribution in [-0.4, -0.2) is 36.1 Å². The van der Waals surface area contributed by atoms with Crippen LogP contribution in [0.15, 0.2) is 48.5 Å². The Hall–Kier alpha value is -2.63. The molecular weight excluding hydrogens is 336 g/mol. The number of nitrogens with two attached hydrogens (primary N) is 1. The minimum absolute atomic E-state index is 0.704. The van der Waals surface area contributed by atoms with Gasteiger partial charge in [0.15, 0.2) is 0 Å². The van der Waals surface area contributed by atoms with Crippen LogP contribution in [0.3, 0.4) is 0 Å². The Labute approximate surface area is 160 Å². The molecule has 2 aromatic carbocycles. The van der Waals surface area contributed by atoms with Crippen molar-refractivity contribution < 1.29 is 9.64 Å². The number of aryl methyl sites for hydroxylation is 2. The molecule has 3 N–H and O–H groups in total. The standard InChI is InChI=1S/C22H26N4O/c1-16-8-9-20(17(2)14-16)26-22(23)21(18-6-4-3-5-7-18)19(24-26)15-25-10-12-27-13-11-25/h3-9,14H,10-13,15,23H2,1-2H3/p+1. The number of morpholine rings is 1. The molecule has 4 rings (SSSR count). The van der Waals surface area contributed by atoms with Gasteiger partial charge in [0.2, 0.25) is 0 Å². The zero-order valence-corrected chi connectivity index (χ0v) is 16.0. The lowest BCUT2D eigenvalue weighted by Gasteiger charge is -2.23. The highest BCUT2D eigenvalue weighted by molar-refractivity contribution is 5.78. The molecule has 0 bridgehead atoms. The van der Waals surface area contributed by atoms with Gasteiger partial charge in [0.05, 0.1) is 24.5 Å². The van der Waals surface area contributed by atoms with Crippen LogP contribution in [0.4, 0.5) is 5.82 Å². The first-order valence-corrected chi connectivity index (χ1v) is 9.55. The van der Waals surface area contributed by atoms with Crippen molar-refractivity contribution in [2.24, 2.45) is 0 Å². The molecule has 140 valence electrons. The van der Waals surface area contributed by atoms with Gasteiger partial charge in [-0.1, -0.05) is 48.0 Å². The first kappa shape index (κ1) is 17.8. The van der Waals surface area contributed by atoms with Crippen LogP contribution in [0.5, 0.6) is 0 Å². The zero-order chi connectivity index (χ0) is 18.8. The summed E-state index contributed by atoms with van der Waals surface area (Å²) < 4.78 is 7.42. The number of nitrogens with zero attached hydrogens (tertiary/aromatic N) is 2. The molecule has 1 aliphatic heterocycles. The van der Waals surface area contributed by atoms with Gasteiger partial charge in [0, 0.05) is 0 Å². The molecule has 0 aliphatic carbocycles. The van der Waals surface area contributed by atoms with E-state index in [1.54, 1.807) is 0 Å². The first-order valence-electron chi connectivity index (χ1n) is 9.55. The molecular formula is C22H27N4O+. The maximum Gasteiger partial charge on any atom is 0.135 e. The summed E-state index contributed by atoms with van der Waals surface area (Å²) >= 11 is 0. The predicted molar refractivity (Wildman–Crippen MR) is 108 cm³/mol. The number of aromatic nitrogens is 2. The molecule has 3 aromatic rings. The summed E-state index contributed by atoms with van der Waals surface area (Å²) in [5, 5.41) is 4.97. The van der Waals surface area contributed by atoms with Crippen LogP contribution in [0, 0.1) is 13.8 Å². The number of nitrogen functional groups attached to an aromatic ring is 1. The highest BCUT2D eigenvalue weighted by Gasteiger charge is 2.24. The normalized spacial score (nSPS) is 15.2. The summed E-state index contributed by atoms with van der Waals surface area (Å²) in [6.07, 6.45) is 0. The van der Waals surface area contributed by atoms with Crippen molar-refractivity contribution in [1.82, 2.24) is 9.78 Å². The Kier molecular flexibility index (Phi) is 4.97. The third kappa shape index (κ3) is 3.61. The Balaban J connectivity index is 1.81. The van der Waals surface area contributed by atoms with Gasteiger partial charge >= 0.3 is 0 Å². The van der Waals surface area contributed by atoms with E-state index in [0.717, 1.165) is 55.4 Å². The third-order valence-corrected chi connectivity index (χ3v) is 5.25. The van der Waals surface area contributed by atoms with Crippen LogP contribution in [0.25, 0.3) is 16.8 Å². The van der Waals surface area contributed by atoms with E-state index >= 15 is 0 Å². The lowest BCUT2D eigenvalue weighted by molar-refractivity contribution is -0.921. The van der Waals surface area contributed by atoms with Crippen LogP contribution >= 0.6 is 0 Å². The molecule has 1 aliphatic rings. The second-order valence-corrected chi connectivity index (χ2v) is 7.31. The molecule has 0 spiro atoms. The molecule has 5 heteroatoms. The summed E-state index contributed by atoms with van der Waals surface area (Å²) in [6, 6.07) is 16.7. The lowest BCUT2D eigenvalue weighted by atomic mass is 10.0. The maximum absolute atomic E-state index is 6.65. The number of rotatable bonds is 4. The fourth-order valence-electron chi connectivity index (χ4n) is 3.82. The summed E-state index contributed by atoms with van der Waals surface area (Å²) in [6.45, 7) is 8.70. The van der Waals surface area contributed by atoms with Gasteiger partial charge in [0.25, 0.3) is 0 Å². The molecule has 0 atom stereocenters. The van der Waals surface area contributed by atoms with Crippen molar-refractivity contribution in [3.05, 3.63) is 65.4 Å². The number of benzene rings is 2. The van der Waals surface area contributed by atoms with Gasteiger partial charge in [-0.25, -0.2) is 4.68 Å². The highest BCUT2D eigenvalue weighted by atomic mass is 16.5. The molecule has 5 nitrogen and oxygen atoms in total. The molecule has 2 heterocycles. The second kappa shape index (κ2) is 7.55. The maximum atomic E-state index is 6.65. The molecule has 0 amide bonds. The minimum Gasteiger partial charge on any atom is -0.383 e. The number of quaternary nitrogens is 1. The van der Waals surface area contributed by atoms with Gasteiger partial charge < -0.3 is 15.4 Å². The average Bonchev–Trinajstić information content (AvgIpc) is 2.99. The molecule has 1 saturated heterocycles. The lowest BCUT2D eigenvalue weighted by Crippen LogP contribution is -3.12. The number of anilines is 1. The monoisotopic (exact) mass is 363 g/mol. The van der Waals surface area contributed by atoms with Crippen LogP contribution < -0.4 is 10.6 Å². The number of hydrogen-bond acceptors (Lipinski definition) is 3. The van der Waals surface area contributed by atoms with E-state index in [2.05, 4.69) is 56.3 Å². The molecule has 0 radical (unpaired) electrons. The van der Waals surface area contributed by atoms with Crippen LogP contribution in [-0.2, 0) is 11.3 Å². The van der Waals surface area contributed by atoms with E-state index in [4.69, 9.17) is 15.6 Å². The van der Waals surface area contributed by atoms with E-state index in [9.17, 15) is 0 Å².